The number of ether oxygens (including phenoxy) is 1. The number of carbonyl (C=O) groups is 1. The van der Waals surface area contributed by atoms with Gasteiger partial charge in [0, 0.05) is 6.54 Å². The maximum atomic E-state index is 12.0. The second-order valence-electron chi connectivity index (χ2n) is 5.76. The van der Waals surface area contributed by atoms with Gasteiger partial charge in [0.15, 0.2) is 0 Å². The number of nitrogens with zero attached hydrogens (tertiary/aromatic N) is 1. The Bertz CT molecular complexity index is 261. The molecule has 0 amide bonds. The molecule has 0 aromatic rings. The van der Waals surface area contributed by atoms with Gasteiger partial charge in [-0.05, 0) is 45.1 Å². The van der Waals surface area contributed by atoms with Gasteiger partial charge in [-0.25, -0.2) is 0 Å². The minimum absolute atomic E-state index is 0.00742. The molecule has 18 heavy (non-hydrogen) atoms. The molecule has 1 saturated heterocycles. The van der Waals surface area contributed by atoms with E-state index >= 15 is 0 Å². The van der Waals surface area contributed by atoms with Crippen LogP contribution in [0.3, 0.4) is 0 Å². The number of carbonyl (C=O) groups excluding carboxylic acids is 1. The maximum Gasteiger partial charge on any atom is 0.323 e. The van der Waals surface area contributed by atoms with Crippen LogP contribution in [-0.4, -0.2) is 36.6 Å². The fourth-order valence-corrected chi connectivity index (χ4v) is 3.42. The van der Waals surface area contributed by atoms with Crippen LogP contribution in [0.4, 0.5) is 0 Å². The Balaban J connectivity index is 1.88. The van der Waals surface area contributed by atoms with E-state index in [2.05, 4.69) is 4.90 Å². The third kappa shape index (κ3) is 3.71. The first kappa shape index (κ1) is 13.9. The Labute approximate surface area is 111 Å². The van der Waals surface area contributed by atoms with E-state index in [9.17, 15) is 4.79 Å². The molecule has 0 aromatic heterocycles. The van der Waals surface area contributed by atoms with Crippen LogP contribution in [-0.2, 0) is 9.53 Å². The summed E-state index contributed by atoms with van der Waals surface area (Å²) in [6.07, 6.45) is 10.3. The van der Waals surface area contributed by atoms with Gasteiger partial charge in [0.1, 0.15) is 6.04 Å². The molecule has 1 saturated carbocycles. The Morgan fingerprint density at radius 1 is 1.11 bits per heavy atom. The van der Waals surface area contributed by atoms with Gasteiger partial charge >= 0.3 is 5.97 Å². The summed E-state index contributed by atoms with van der Waals surface area (Å²) in [5.74, 6) is 0.821. The third-order valence-corrected chi connectivity index (χ3v) is 4.39. The lowest BCUT2D eigenvalue weighted by Crippen LogP contribution is -2.47. The second-order valence-corrected chi connectivity index (χ2v) is 5.76. The zero-order chi connectivity index (χ0) is 12.8. The van der Waals surface area contributed by atoms with Crippen LogP contribution in [0.15, 0.2) is 0 Å². The van der Waals surface area contributed by atoms with Crippen molar-refractivity contribution in [3.05, 3.63) is 0 Å². The van der Waals surface area contributed by atoms with Crippen LogP contribution in [0.25, 0.3) is 0 Å². The molecule has 1 atom stereocenters. The van der Waals surface area contributed by atoms with Crippen LogP contribution in [0, 0.1) is 5.92 Å². The van der Waals surface area contributed by atoms with Crippen molar-refractivity contribution in [3.63, 3.8) is 0 Å². The van der Waals surface area contributed by atoms with Crippen LogP contribution in [0.5, 0.6) is 0 Å². The van der Waals surface area contributed by atoms with Crippen molar-refractivity contribution in [1.82, 2.24) is 4.90 Å². The monoisotopic (exact) mass is 253 g/mol. The lowest BCUT2D eigenvalue weighted by atomic mass is 9.88. The number of esters is 1. The fourth-order valence-electron chi connectivity index (χ4n) is 3.42. The summed E-state index contributed by atoms with van der Waals surface area (Å²) in [7, 11) is 0. The lowest BCUT2D eigenvalue weighted by Gasteiger charge is -2.37. The first-order chi connectivity index (χ1) is 8.81. The van der Waals surface area contributed by atoms with Crippen molar-refractivity contribution < 1.29 is 9.53 Å². The third-order valence-electron chi connectivity index (χ3n) is 4.39. The summed E-state index contributed by atoms with van der Waals surface area (Å²) in [4.78, 5) is 14.4. The van der Waals surface area contributed by atoms with E-state index < -0.39 is 0 Å². The number of likely N-dealkylation sites (tertiary alicyclic amines) is 1. The molecule has 3 nitrogen and oxygen atoms in total. The number of hydrogen-bond acceptors (Lipinski definition) is 3. The van der Waals surface area contributed by atoms with Crippen LogP contribution >= 0.6 is 0 Å². The highest BCUT2D eigenvalue weighted by atomic mass is 16.5. The van der Waals surface area contributed by atoms with Crippen molar-refractivity contribution in [2.24, 2.45) is 5.92 Å². The Kier molecular flexibility index (Phi) is 5.48. The summed E-state index contributed by atoms with van der Waals surface area (Å²) in [5.41, 5.74) is 0. The minimum atomic E-state index is 0.00742. The van der Waals surface area contributed by atoms with E-state index in [1.54, 1.807) is 0 Å². The Morgan fingerprint density at radius 2 is 1.83 bits per heavy atom. The van der Waals surface area contributed by atoms with Crippen molar-refractivity contribution in [1.29, 1.82) is 0 Å². The van der Waals surface area contributed by atoms with Crippen LogP contribution in [0.1, 0.15) is 58.3 Å². The average molecular weight is 253 g/mol. The fraction of sp³-hybridized carbons (Fsp3) is 0.933. The minimum Gasteiger partial charge on any atom is -0.465 e. The molecular formula is C15H27NO2. The van der Waals surface area contributed by atoms with E-state index in [1.807, 2.05) is 6.92 Å². The summed E-state index contributed by atoms with van der Waals surface area (Å²) in [6, 6.07) is 0.0422. The highest BCUT2D eigenvalue weighted by molar-refractivity contribution is 5.75. The first-order valence-corrected chi connectivity index (χ1v) is 7.72. The Morgan fingerprint density at radius 3 is 2.56 bits per heavy atom. The highest BCUT2D eigenvalue weighted by Crippen LogP contribution is 2.27. The van der Waals surface area contributed by atoms with Crippen molar-refractivity contribution >= 4 is 5.97 Å². The summed E-state index contributed by atoms with van der Waals surface area (Å²) in [5, 5.41) is 0. The zero-order valence-electron chi connectivity index (χ0n) is 11.7. The molecule has 0 N–H and O–H groups in total. The van der Waals surface area contributed by atoms with Gasteiger partial charge in [0.05, 0.1) is 6.61 Å². The topological polar surface area (TPSA) is 29.5 Å². The summed E-state index contributed by atoms with van der Waals surface area (Å²) >= 11 is 0. The molecule has 0 radical (unpaired) electrons. The molecule has 1 heterocycles. The first-order valence-electron chi connectivity index (χ1n) is 7.72. The smallest absolute Gasteiger partial charge is 0.323 e. The highest BCUT2D eigenvalue weighted by Gasteiger charge is 2.31. The van der Waals surface area contributed by atoms with Gasteiger partial charge in [-0.1, -0.05) is 25.7 Å². The standard InChI is InChI=1S/C15H27NO2/c1-2-18-15(17)14-10-6-7-11-16(14)12-13-8-4-3-5-9-13/h13-14H,2-12H2,1H3. The predicted molar refractivity (Wildman–Crippen MR) is 72.4 cm³/mol. The normalized spacial score (nSPS) is 27.1. The second kappa shape index (κ2) is 7.13. The van der Waals surface area contributed by atoms with E-state index in [0.29, 0.717) is 6.61 Å². The average Bonchev–Trinajstić information content (AvgIpc) is 2.41. The molecular weight excluding hydrogens is 226 g/mol. The molecule has 2 rings (SSSR count). The molecule has 2 aliphatic rings. The van der Waals surface area contributed by atoms with Crippen molar-refractivity contribution in [2.45, 2.75) is 64.3 Å². The van der Waals surface area contributed by atoms with E-state index in [-0.39, 0.29) is 12.0 Å². The largest absolute Gasteiger partial charge is 0.465 e. The molecule has 0 bridgehead atoms. The molecule has 1 unspecified atom stereocenters. The van der Waals surface area contributed by atoms with E-state index in [0.717, 1.165) is 25.4 Å². The SMILES string of the molecule is CCOC(=O)C1CCCCN1CC1CCCCC1. The predicted octanol–water partition coefficient (Wildman–Crippen LogP) is 2.98. The molecule has 2 fully saturated rings. The quantitative estimate of drug-likeness (QED) is 0.721. The summed E-state index contributed by atoms with van der Waals surface area (Å²) < 4.78 is 5.22. The number of piperidine rings is 1. The van der Waals surface area contributed by atoms with Crippen molar-refractivity contribution in [3.8, 4) is 0 Å². The molecule has 0 aromatic carbocycles. The van der Waals surface area contributed by atoms with Crippen LogP contribution < -0.4 is 0 Å². The van der Waals surface area contributed by atoms with E-state index in [1.165, 1.54) is 44.9 Å². The number of rotatable bonds is 4. The van der Waals surface area contributed by atoms with Gasteiger partial charge in [0.25, 0.3) is 0 Å². The molecule has 104 valence electrons. The van der Waals surface area contributed by atoms with Gasteiger partial charge in [-0.2, -0.15) is 0 Å². The molecule has 1 aliphatic heterocycles. The zero-order valence-corrected chi connectivity index (χ0v) is 11.7. The number of hydrogen-bond donors (Lipinski definition) is 0. The van der Waals surface area contributed by atoms with Gasteiger partial charge in [-0.15, -0.1) is 0 Å². The lowest BCUT2D eigenvalue weighted by molar-refractivity contribution is -0.151. The van der Waals surface area contributed by atoms with E-state index in [4.69, 9.17) is 4.74 Å². The summed E-state index contributed by atoms with van der Waals surface area (Å²) in [6.45, 7) is 4.60. The van der Waals surface area contributed by atoms with Gasteiger partial charge in [0.2, 0.25) is 0 Å². The van der Waals surface area contributed by atoms with Gasteiger partial charge in [-0.3, -0.25) is 9.69 Å². The molecule has 1 aliphatic carbocycles. The van der Waals surface area contributed by atoms with Gasteiger partial charge < -0.3 is 4.74 Å². The maximum absolute atomic E-state index is 12.0. The Hall–Kier alpha value is -0.570. The van der Waals surface area contributed by atoms with Crippen LogP contribution in [0.2, 0.25) is 0 Å². The molecule has 0 spiro atoms. The van der Waals surface area contributed by atoms with Crippen molar-refractivity contribution in [2.75, 3.05) is 19.7 Å². The molecule has 3 heteroatoms.